The van der Waals surface area contributed by atoms with Crippen LogP contribution in [0.5, 0.6) is 5.75 Å². The van der Waals surface area contributed by atoms with Gasteiger partial charge in [0.2, 0.25) is 11.7 Å². The van der Waals surface area contributed by atoms with Crippen LogP contribution in [0.4, 0.5) is 0 Å². The molecule has 146 valence electrons. The Hall–Kier alpha value is -2.86. The number of aromatic nitrogens is 2. The highest BCUT2D eigenvalue weighted by Gasteiger charge is 2.23. The molecule has 2 aromatic carbocycles. The molecule has 0 unspecified atom stereocenters. The highest BCUT2D eigenvalue weighted by Crippen LogP contribution is 2.20. The summed E-state index contributed by atoms with van der Waals surface area (Å²) in [7, 11) is 0. The van der Waals surface area contributed by atoms with Crippen LogP contribution >= 0.6 is 11.6 Å². The van der Waals surface area contributed by atoms with Crippen LogP contribution in [-0.4, -0.2) is 33.6 Å². The van der Waals surface area contributed by atoms with Crippen molar-refractivity contribution in [3.63, 3.8) is 0 Å². The molecule has 0 saturated heterocycles. The van der Waals surface area contributed by atoms with E-state index in [4.69, 9.17) is 20.9 Å². The first-order valence-corrected chi connectivity index (χ1v) is 9.44. The van der Waals surface area contributed by atoms with Crippen molar-refractivity contribution in [3.05, 3.63) is 65.0 Å². The molecule has 0 saturated carbocycles. The first-order chi connectivity index (χ1) is 13.5. The van der Waals surface area contributed by atoms with Crippen molar-refractivity contribution >= 4 is 17.5 Å². The van der Waals surface area contributed by atoms with Gasteiger partial charge in [-0.15, -0.1) is 0 Å². The van der Waals surface area contributed by atoms with E-state index in [1.807, 2.05) is 38.1 Å². The SMILES string of the molecule is CCN(Cc1nc(-c2cccc(C)c2)no1)C(=O)[C@@H](C)Oc1cccc(Cl)c1. The molecule has 28 heavy (non-hydrogen) atoms. The van der Waals surface area contributed by atoms with Gasteiger partial charge >= 0.3 is 0 Å². The molecule has 3 aromatic rings. The van der Waals surface area contributed by atoms with Crippen LogP contribution in [0, 0.1) is 6.92 Å². The minimum Gasteiger partial charge on any atom is -0.481 e. The fourth-order valence-electron chi connectivity index (χ4n) is 2.78. The third-order valence-electron chi connectivity index (χ3n) is 4.22. The molecule has 0 fully saturated rings. The lowest BCUT2D eigenvalue weighted by Crippen LogP contribution is -2.40. The number of amides is 1. The lowest BCUT2D eigenvalue weighted by molar-refractivity contribution is -0.138. The molecule has 7 heteroatoms. The Kier molecular flexibility index (Phi) is 6.31. The van der Waals surface area contributed by atoms with Gasteiger partial charge in [0.25, 0.3) is 5.91 Å². The Morgan fingerprint density at radius 1 is 1.25 bits per heavy atom. The smallest absolute Gasteiger partial charge is 0.263 e. The predicted octanol–water partition coefficient (Wildman–Crippen LogP) is 4.51. The maximum atomic E-state index is 12.8. The van der Waals surface area contributed by atoms with E-state index in [9.17, 15) is 4.79 Å². The maximum Gasteiger partial charge on any atom is 0.263 e. The number of aryl methyl sites for hydroxylation is 1. The maximum absolute atomic E-state index is 12.8. The quantitative estimate of drug-likeness (QED) is 0.584. The Balaban J connectivity index is 1.67. The van der Waals surface area contributed by atoms with Crippen molar-refractivity contribution in [1.82, 2.24) is 15.0 Å². The van der Waals surface area contributed by atoms with Gasteiger partial charge in [-0.3, -0.25) is 4.79 Å². The first-order valence-electron chi connectivity index (χ1n) is 9.07. The summed E-state index contributed by atoms with van der Waals surface area (Å²) in [6.07, 6.45) is -0.669. The Bertz CT molecular complexity index is 957. The molecule has 0 aliphatic heterocycles. The second kappa shape index (κ2) is 8.89. The molecule has 0 aliphatic carbocycles. The third-order valence-corrected chi connectivity index (χ3v) is 4.46. The van der Waals surface area contributed by atoms with Crippen LogP contribution in [0.3, 0.4) is 0 Å². The van der Waals surface area contributed by atoms with Gasteiger partial charge in [-0.2, -0.15) is 4.98 Å². The van der Waals surface area contributed by atoms with Gasteiger partial charge < -0.3 is 14.2 Å². The third kappa shape index (κ3) is 4.89. The van der Waals surface area contributed by atoms with E-state index < -0.39 is 6.10 Å². The van der Waals surface area contributed by atoms with Crippen LogP contribution in [0.25, 0.3) is 11.4 Å². The molecular weight excluding hydrogens is 378 g/mol. The van der Waals surface area contributed by atoms with Gasteiger partial charge in [-0.25, -0.2) is 0 Å². The van der Waals surface area contributed by atoms with E-state index in [2.05, 4.69) is 10.1 Å². The highest BCUT2D eigenvalue weighted by atomic mass is 35.5. The number of rotatable bonds is 7. The lowest BCUT2D eigenvalue weighted by Gasteiger charge is -2.23. The summed E-state index contributed by atoms with van der Waals surface area (Å²) in [4.78, 5) is 18.8. The zero-order chi connectivity index (χ0) is 20.1. The van der Waals surface area contributed by atoms with Gasteiger partial charge in [-0.05, 0) is 45.0 Å². The lowest BCUT2D eigenvalue weighted by atomic mass is 10.1. The van der Waals surface area contributed by atoms with E-state index >= 15 is 0 Å². The topological polar surface area (TPSA) is 68.5 Å². The fraction of sp³-hybridized carbons (Fsp3) is 0.286. The van der Waals surface area contributed by atoms with Gasteiger partial charge in [0.05, 0.1) is 0 Å². The van der Waals surface area contributed by atoms with Crippen molar-refractivity contribution in [2.75, 3.05) is 6.54 Å². The minimum atomic E-state index is -0.669. The Morgan fingerprint density at radius 2 is 2.04 bits per heavy atom. The molecular formula is C21H22ClN3O3. The van der Waals surface area contributed by atoms with Gasteiger partial charge in [0, 0.05) is 17.1 Å². The van der Waals surface area contributed by atoms with E-state index in [0.717, 1.165) is 11.1 Å². The number of halogens is 1. The largest absolute Gasteiger partial charge is 0.481 e. The predicted molar refractivity (Wildman–Crippen MR) is 107 cm³/mol. The van der Waals surface area contributed by atoms with Crippen molar-refractivity contribution < 1.29 is 14.1 Å². The summed E-state index contributed by atoms with van der Waals surface area (Å²) >= 11 is 5.96. The molecule has 0 radical (unpaired) electrons. The summed E-state index contributed by atoms with van der Waals surface area (Å²) in [6.45, 7) is 6.31. The number of hydrogen-bond acceptors (Lipinski definition) is 5. The summed E-state index contributed by atoms with van der Waals surface area (Å²) in [5.74, 6) is 1.26. The molecule has 1 aromatic heterocycles. The number of carbonyl (C=O) groups is 1. The highest BCUT2D eigenvalue weighted by molar-refractivity contribution is 6.30. The molecule has 0 spiro atoms. The summed E-state index contributed by atoms with van der Waals surface area (Å²) < 4.78 is 11.1. The second-order valence-corrected chi connectivity index (χ2v) is 6.89. The average Bonchev–Trinajstić information content (AvgIpc) is 3.14. The van der Waals surface area contributed by atoms with Crippen molar-refractivity contribution in [3.8, 4) is 17.1 Å². The number of nitrogens with zero attached hydrogens (tertiary/aromatic N) is 3. The van der Waals surface area contributed by atoms with Crippen LogP contribution < -0.4 is 4.74 Å². The number of carbonyl (C=O) groups excluding carboxylic acids is 1. The molecule has 3 rings (SSSR count). The monoisotopic (exact) mass is 399 g/mol. The fourth-order valence-corrected chi connectivity index (χ4v) is 2.96. The number of ether oxygens (including phenoxy) is 1. The zero-order valence-electron chi connectivity index (χ0n) is 16.1. The second-order valence-electron chi connectivity index (χ2n) is 6.45. The van der Waals surface area contributed by atoms with Crippen LogP contribution in [0.2, 0.25) is 5.02 Å². The first kappa shape index (κ1) is 19.9. The number of hydrogen-bond donors (Lipinski definition) is 0. The summed E-state index contributed by atoms with van der Waals surface area (Å²) in [5.41, 5.74) is 1.99. The average molecular weight is 400 g/mol. The van der Waals surface area contributed by atoms with E-state index in [1.54, 1.807) is 36.1 Å². The van der Waals surface area contributed by atoms with Gasteiger partial charge in [0.15, 0.2) is 6.10 Å². The van der Waals surface area contributed by atoms with Crippen molar-refractivity contribution in [2.24, 2.45) is 0 Å². The molecule has 0 N–H and O–H groups in total. The Labute approximate surface area is 169 Å². The molecule has 1 heterocycles. The van der Waals surface area contributed by atoms with Crippen LogP contribution in [0.15, 0.2) is 53.1 Å². The number of benzene rings is 2. The zero-order valence-corrected chi connectivity index (χ0v) is 16.8. The molecule has 6 nitrogen and oxygen atoms in total. The molecule has 0 bridgehead atoms. The van der Waals surface area contributed by atoms with E-state index in [1.165, 1.54) is 0 Å². The van der Waals surface area contributed by atoms with Crippen LogP contribution in [0.1, 0.15) is 25.3 Å². The molecule has 0 aliphatic rings. The molecule has 1 atom stereocenters. The normalized spacial score (nSPS) is 11.9. The molecule has 1 amide bonds. The standard InChI is InChI=1S/C21H22ClN3O3/c1-4-25(21(26)15(3)27-18-10-6-9-17(22)12-18)13-19-23-20(24-28-19)16-8-5-7-14(2)11-16/h5-12,15H,4,13H2,1-3H3/t15-/m1/s1. The van der Waals surface area contributed by atoms with E-state index in [-0.39, 0.29) is 12.5 Å². The van der Waals surface area contributed by atoms with Gasteiger partial charge in [0.1, 0.15) is 12.3 Å². The van der Waals surface area contributed by atoms with E-state index in [0.29, 0.717) is 29.0 Å². The minimum absolute atomic E-state index is 0.169. The van der Waals surface area contributed by atoms with Gasteiger partial charge in [-0.1, -0.05) is 46.6 Å². The Morgan fingerprint density at radius 3 is 2.75 bits per heavy atom. The summed E-state index contributed by atoms with van der Waals surface area (Å²) in [6, 6.07) is 14.8. The van der Waals surface area contributed by atoms with Crippen LogP contribution in [-0.2, 0) is 11.3 Å². The van der Waals surface area contributed by atoms with Crippen molar-refractivity contribution in [1.29, 1.82) is 0 Å². The van der Waals surface area contributed by atoms with Crippen molar-refractivity contribution in [2.45, 2.75) is 33.4 Å². The summed E-state index contributed by atoms with van der Waals surface area (Å²) in [5, 5.41) is 4.58. The number of likely N-dealkylation sites (N-methyl/N-ethyl adjacent to an activating group) is 1.